The number of anilines is 2. The van der Waals surface area contributed by atoms with Crippen molar-refractivity contribution in [3.05, 3.63) is 83.9 Å². The Morgan fingerprint density at radius 3 is 2.29 bits per heavy atom. The van der Waals surface area contributed by atoms with E-state index >= 15 is 0 Å². The van der Waals surface area contributed by atoms with E-state index in [0.29, 0.717) is 5.95 Å². The fourth-order valence-electron chi connectivity index (χ4n) is 3.58. The van der Waals surface area contributed by atoms with Gasteiger partial charge < -0.3 is 4.90 Å². The number of benzene rings is 3. The molecule has 156 valence electrons. The molecule has 0 spiro atoms. The highest BCUT2D eigenvalue weighted by Crippen LogP contribution is 2.27. The second kappa shape index (κ2) is 9.39. The lowest BCUT2D eigenvalue weighted by Crippen LogP contribution is -2.21. The third-order valence-electron chi connectivity index (χ3n) is 5.33. The van der Waals surface area contributed by atoms with Gasteiger partial charge in [0.1, 0.15) is 0 Å². The number of nitrogens with one attached hydrogen (secondary N) is 1. The minimum absolute atomic E-state index is 0.477. The summed E-state index contributed by atoms with van der Waals surface area (Å²) in [4.78, 5) is 11.7. The van der Waals surface area contributed by atoms with Crippen LogP contribution in [0.25, 0.3) is 22.2 Å². The van der Waals surface area contributed by atoms with Gasteiger partial charge >= 0.3 is 0 Å². The SMILES string of the molecule is CCN(CC)c1ccc(/C=N/Nc2nc(-c3ccc(C)cc3)c3ccccc3n2)cc1. The van der Waals surface area contributed by atoms with E-state index < -0.39 is 0 Å². The molecular weight excluding hydrogens is 382 g/mol. The van der Waals surface area contributed by atoms with Gasteiger partial charge in [-0.25, -0.2) is 15.4 Å². The highest BCUT2D eigenvalue weighted by molar-refractivity contribution is 5.93. The first-order valence-corrected chi connectivity index (χ1v) is 10.7. The molecule has 0 atom stereocenters. The van der Waals surface area contributed by atoms with Crippen LogP contribution in [0.5, 0.6) is 0 Å². The summed E-state index contributed by atoms with van der Waals surface area (Å²) < 4.78 is 0. The number of aromatic nitrogens is 2. The summed E-state index contributed by atoms with van der Waals surface area (Å²) in [5, 5.41) is 5.39. The van der Waals surface area contributed by atoms with Crippen LogP contribution in [0.4, 0.5) is 11.6 Å². The molecule has 5 nitrogen and oxygen atoms in total. The van der Waals surface area contributed by atoms with Gasteiger partial charge in [-0.1, -0.05) is 60.2 Å². The summed E-state index contributed by atoms with van der Waals surface area (Å²) in [6.07, 6.45) is 1.79. The predicted octanol–water partition coefficient (Wildman–Crippen LogP) is 5.90. The van der Waals surface area contributed by atoms with Crippen molar-refractivity contribution < 1.29 is 0 Å². The van der Waals surface area contributed by atoms with Crippen molar-refractivity contribution in [2.24, 2.45) is 5.10 Å². The molecule has 0 bridgehead atoms. The zero-order valence-electron chi connectivity index (χ0n) is 18.2. The summed E-state index contributed by atoms with van der Waals surface area (Å²) in [6.45, 7) is 8.40. The van der Waals surface area contributed by atoms with E-state index in [4.69, 9.17) is 4.98 Å². The highest BCUT2D eigenvalue weighted by Gasteiger charge is 2.09. The predicted molar refractivity (Wildman–Crippen MR) is 131 cm³/mol. The normalized spacial score (nSPS) is 11.2. The van der Waals surface area contributed by atoms with Crippen molar-refractivity contribution in [2.45, 2.75) is 20.8 Å². The lowest BCUT2D eigenvalue weighted by atomic mass is 10.1. The lowest BCUT2D eigenvalue weighted by Gasteiger charge is -2.20. The van der Waals surface area contributed by atoms with Gasteiger partial charge in [-0.3, -0.25) is 0 Å². The van der Waals surface area contributed by atoms with Crippen molar-refractivity contribution in [3.63, 3.8) is 0 Å². The van der Waals surface area contributed by atoms with Gasteiger partial charge in [0.25, 0.3) is 0 Å². The van der Waals surface area contributed by atoms with Gasteiger partial charge in [0.15, 0.2) is 0 Å². The topological polar surface area (TPSA) is 53.4 Å². The van der Waals surface area contributed by atoms with Crippen LogP contribution >= 0.6 is 0 Å². The summed E-state index contributed by atoms with van der Waals surface area (Å²) in [7, 11) is 0. The monoisotopic (exact) mass is 409 g/mol. The Kier molecular flexibility index (Phi) is 6.22. The van der Waals surface area contributed by atoms with Gasteiger partial charge in [0.05, 0.1) is 17.4 Å². The number of hydrogen-bond donors (Lipinski definition) is 1. The van der Waals surface area contributed by atoms with Crippen molar-refractivity contribution in [1.29, 1.82) is 0 Å². The number of aryl methyl sites for hydroxylation is 1. The van der Waals surface area contributed by atoms with E-state index in [1.807, 2.05) is 18.2 Å². The Morgan fingerprint density at radius 2 is 1.58 bits per heavy atom. The van der Waals surface area contributed by atoms with E-state index in [-0.39, 0.29) is 0 Å². The van der Waals surface area contributed by atoms with Gasteiger partial charge in [-0.2, -0.15) is 5.10 Å². The zero-order chi connectivity index (χ0) is 21.6. The molecule has 5 heteroatoms. The van der Waals surface area contributed by atoms with Crippen LogP contribution < -0.4 is 10.3 Å². The van der Waals surface area contributed by atoms with Gasteiger partial charge in [0.2, 0.25) is 5.95 Å². The number of hydrogen-bond acceptors (Lipinski definition) is 5. The summed E-state index contributed by atoms with van der Waals surface area (Å²) >= 11 is 0. The molecule has 0 radical (unpaired) electrons. The van der Waals surface area contributed by atoms with Crippen molar-refractivity contribution in [2.75, 3.05) is 23.4 Å². The van der Waals surface area contributed by atoms with Crippen molar-refractivity contribution in [1.82, 2.24) is 9.97 Å². The van der Waals surface area contributed by atoms with Crippen LogP contribution in [0, 0.1) is 6.92 Å². The molecule has 1 N–H and O–H groups in total. The zero-order valence-corrected chi connectivity index (χ0v) is 18.2. The Balaban J connectivity index is 1.58. The summed E-state index contributed by atoms with van der Waals surface area (Å²) in [6, 6.07) is 24.8. The Labute approximate surface area is 183 Å². The van der Waals surface area contributed by atoms with Crippen molar-refractivity contribution >= 4 is 28.8 Å². The maximum absolute atomic E-state index is 4.75. The van der Waals surface area contributed by atoms with E-state index in [9.17, 15) is 0 Å². The molecule has 3 aromatic carbocycles. The van der Waals surface area contributed by atoms with E-state index in [2.05, 4.69) is 95.8 Å². The number of fused-ring (bicyclic) bond motifs is 1. The van der Waals surface area contributed by atoms with Crippen LogP contribution in [-0.2, 0) is 0 Å². The molecule has 0 saturated carbocycles. The van der Waals surface area contributed by atoms with Crippen LogP contribution in [-0.4, -0.2) is 29.3 Å². The van der Waals surface area contributed by atoms with E-state index in [0.717, 1.165) is 40.8 Å². The number of hydrazone groups is 1. The second-order valence-corrected chi connectivity index (χ2v) is 7.41. The summed E-state index contributed by atoms with van der Waals surface area (Å²) in [5.74, 6) is 0.477. The van der Waals surface area contributed by atoms with Crippen molar-refractivity contribution in [3.8, 4) is 11.3 Å². The number of rotatable bonds is 7. The maximum Gasteiger partial charge on any atom is 0.244 e. The first kappa shape index (κ1) is 20.5. The highest BCUT2D eigenvalue weighted by atomic mass is 15.3. The molecule has 4 rings (SSSR count). The molecule has 1 heterocycles. The quantitative estimate of drug-likeness (QED) is 0.305. The summed E-state index contributed by atoms with van der Waals surface area (Å²) in [5.41, 5.74) is 9.30. The van der Waals surface area contributed by atoms with Crippen LogP contribution in [0.3, 0.4) is 0 Å². The first-order valence-electron chi connectivity index (χ1n) is 10.7. The molecule has 0 aliphatic rings. The third-order valence-corrected chi connectivity index (χ3v) is 5.33. The first-order chi connectivity index (χ1) is 15.2. The molecule has 0 aliphatic carbocycles. The van der Waals surface area contributed by atoms with Crippen LogP contribution in [0.1, 0.15) is 25.0 Å². The molecular formula is C26H27N5. The molecule has 1 aromatic heterocycles. The van der Waals surface area contributed by atoms with Crippen LogP contribution in [0.15, 0.2) is 77.9 Å². The Morgan fingerprint density at radius 1 is 0.871 bits per heavy atom. The maximum atomic E-state index is 4.75. The minimum Gasteiger partial charge on any atom is -0.372 e. The lowest BCUT2D eigenvalue weighted by molar-refractivity contribution is 0.866. The Hall–Kier alpha value is -3.73. The Bertz CT molecular complexity index is 1180. The molecule has 0 saturated heterocycles. The van der Waals surface area contributed by atoms with E-state index in [1.165, 1.54) is 11.3 Å². The number of nitrogens with zero attached hydrogens (tertiary/aromatic N) is 4. The fourth-order valence-corrected chi connectivity index (χ4v) is 3.58. The van der Waals surface area contributed by atoms with Gasteiger partial charge in [-0.05, 0) is 44.5 Å². The van der Waals surface area contributed by atoms with Gasteiger partial charge in [0, 0.05) is 29.7 Å². The smallest absolute Gasteiger partial charge is 0.244 e. The molecule has 0 amide bonds. The third kappa shape index (κ3) is 4.72. The second-order valence-electron chi connectivity index (χ2n) is 7.41. The molecule has 31 heavy (non-hydrogen) atoms. The minimum atomic E-state index is 0.477. The molecule has 4 aromatic rings. The standard InChI is InChI=1S/C26H27N5/c1-4-31(5-2)22-16-12-20(13-17-22)18-27-30-26-28-24-9-7-6-8-23(24)25(29-26)21-14-10-19(3)11-15-21/h6-18H,4-5H2,1-3H3,(H,28,29,30)/b27-18+. The number of para-hydroxylation sites is 1. The average Bonchev–Trinajstić information content (AvgIpc) is 2.81. The van der Waals surface area contributed by atoms with Gasteiger partial charge in [-0.15, -0.1) is 0 Å². The molecule has 0 unspecified atom stereocenters. The van der Waals surface area contributed by atoms with E-state index in [1.54, 1.807) is 6.21 Å². The average molecular weight is 410 g/mol. The largest absolute Gasteiger partial charge is 0.372 e. The van der Waals surface area contributed by atoms with Crippen LogP contribution in [0.2, 0.25) is 0 Å². The fraction of sp³-hybridized carbons (Fsp3) is 0.192. The molecule has 0 aliphatic heterocycles. The molecule has 0 fully saturated rings.